The Balaban J connectivity index is 4.02. The molecule has 0 saturated heterocycles. The first-order valence-corrected chi connectivity index (χ1v) is 6.97. The molecule has 0 aliphatic carbocycles. The molecule has 0 aromatic rings. The number of carbonyl (C=O) groups is 2. The quantitative estimate of drug-likeness (QED) is 0.573. The third kappa shape index (κ3) is 8.32. The molecule has 0 aliphatic rings. The molecule has 0 aliphatic heterocycles. The van der Waals surface area contributed by atoms with Crippen LogP contribution < -0.4 is 5.32 Å². The number of nitrogens with one attached hydrogen (secondary N) is 1. The molecular formula is C11H21NO5S. The molecule has 0 spiro atoms. The summed E-state index contributed by atoms with van der Waals surface area (Å²) in [6.07, 6.45) is -0.336. The number of aliphatic carboxylic acids is 1. The number of hydrogen-bond acceptors (Lipinski definition) is 5. The van der Waals surface area contributed by atoms with Gasteiger partial charge in [-0.3, -0.25) is 4.79 Å². The Morgan fingerprint density at radius 3 is 2.17 bits per heavy atom. The number of carbonyl (C=O) groups excluding carboxylic acids is 1. The molecule has 0 saturated carbocycles. The van der Waals surface area contributed by atoms with Crippen LogP contribution in [-0.4, -0.2) is 54.0 Å². The highest BCUT2D eigenvalue weighted by Gasteiger charge is 2.19. The van der Waals surface area contributed by atoms with Gasteiger partial charge in [0.15, 0.2) is 6.29 Å². The predicted molar refractivity (Wildman–Crippen MR) is 69.6 cm³/mol. The molecule has 1 atom stereocenters. The van der Waals surface area contributed by atoms with Crippen LogP contribution in [0.1, 0.15) is 20.8 Å². The summed E-state index contributed by atoms with van der Waals surface area (Å²) in [5, 5.41) is 11.3. The van der Waals surface area contributed by atoms with E-state index in [9.17, 15) is 9.59 Å². The Labute approximate surface area is 111 Å². The Bertz CT molecular complexity index is 256. The van der Waals surface area contributed by atoms with E-state index in [1.807, 2.05) is 13.8 Å². The van der Waals surface area contributed by atoms with Gasteiger partial charge in [-0.1, -0.05) is 0 Å². The average Bonchev–Trinajstić information content (AvgIpc) is 2.27. The zero-order chi connectivity index (χ0) is 14.0. The van der Waals surface area contributed by atoms with Crippen LogP contribution in [0.25, 0.3) is 0 Å². The van der Waals surface area contributed by atoms with Crippen molar-refractivity contribution in [3.63, 3.8) is 0 Å². The highest BCUT2D eigenvalue weighted by molar-refractivity contribution is 7.99. The van der Waals surface area contributed by atoms with Crippen LogP contribution >= 0.6 is 11.8 Å². The van der Waals surface area contributed by atoms with Crippen LogP contribution in [-0.2, 0) is 19.1 Å². The maximum Gasteiger partial charge on any atom is 0.327 e. The molecule has 0 aromatic heterocycles. The van der Waals surface area contributed by atoms with E-state index in [0.29, 0.717) is 19.0 Å². The van der Waals surface area contributed by atoms with Crippen molar-refractivity contribution in [2.75, 3.05) is 24.7 Å². The highest BCUT2D eigenvalue weighted by Crippen LogP contribution is 2.09. The molecule has 1 unspecified atom stereocenters. The molecule has 0 rings (SSSR count). The predicted octanol–water partition coefficient (Wildman–Crippen LogP) is 0.708. The summed E-state index contributed by atoms with van der Waals surface area (Å²) < 4.78 is 10.7. The maximum atomic E-state index is 10.9. The van der Waals surface area contributed by atoms with Crippen LogP contribution in [0.2, 0.25) is 0 Å². The van der Waals surface area contributed by atoms with E-state index >= 15 is 0 Å². The van der Waals surface area contributed by atoms with E-state index in [2.05, 4.69) is 5.32 Å². The first-order valence-electron chi connectivity index (χ1n) is 5.82. The van der Waals surface area contributed by atoms with Gasteiger partial charge in [-0.25, -0.2) is 4.79 Å². The Morgan fingerprint density at radius 2 is 1.78 bits per heavy atom. The number of thioether (sulfide) groups is 1. The number of carboxylic acid groups (broad SMARTS) is 1. The zero-order valence-electron chi connectivity index (χ0n) is 11.0. The monoisotopic (exact) mass is 279 g/mol. The van der Waals surface area contributed by atoms with Gasteiger partial charge in [-0.15, -0.1) is 0 Å². The SMILES string of the molecule is CCOC(CSCC(NC(C)=O)C(=O)O)OCC. The fraction of sp³-hybridized carbons (Fsp3) is 0.818. The Hall–Kier alpha value is -0.790. The summed E-state index contributed by atoms with van der Waals surface area (Å²) >= 11 is 1.37. The van der Waals surface area contributed by atoms with Crippen molar-refractivity contribution >= 4 is 23.6 Å². The van der Waals surface area contributed by atoms with E-state index in [0.717, 1.165) is 0 Å². The van der Waals surface area contributed by atoms with Crippen LogP contribution in [0.5, 0.6) is 0 Å². The van der Waals surface area contributed by atoms with Crippen molar-refractivity contribution in [1.29, 1.82) is 0 Å². The van der Waals surface area contributed by atoms with E-state index in [4.69, 9.17) is 14.6 Å². The molecule has 0 aromatic carbocycles. The topological polar surface area (TPSA) is 84.9 Å². The van der Waals surface area contributed by atoms with Crippen LogP contribution in [0, 0.1) is 0 Å². The van der Waals surface area contributed by atoms with Gasteiger partial charge in [0.2, 0.25) is 5.91 Å². The molecule has 6 nitrogen and oxygen atoms in total. The van der Waals surface area contributed by atoms with Gasteiger partial charge in [0.1, 0.15) is 6.04 Å². The molecular weight excluding hydrogens is 258 g/mol. The Morgan fingerprint density at radius 1 is 1.22 bits per heavy atom. The molecule has 0 bridgehead atoms. The first kappa shape index (κ1) is 17.2. The zero-order valence-corrected chi connectivity index (χ0v) is 11.8. The van der Waals surface area contributed by atoms with Gasteiger partial charge in [0, 0.05) is 31.6 Å². The largest absolute Gasteiger partial charge is 0.480 e. The second kappa shape index (κ2) is 10.2. The third-order valence-corrected chi connectivity index (χ3v) is 3.00. The molecule has 0 radical (unpaired) electrons. The first-order chi connectivity index (χ1) is 8.51. The van der Waals surface area contributed by atoms with E-state index in [1.54, 1.807) is 0 Å². The molecule has 0 fully saturated rings. The van der Waals surface area contributed by atoms with Gasteiger partial charge in [0.05, 0.1) is 0 Å². The van der Waals surface area contributed by atoms with Gasteiger partial charge >= 0.3 is 5.97 Å². The average molecular weight is 279 g/mol. The van der Waals surface area contributed by atoms with Gasteiger partial charge in [-0.05, 0) is 13.8 Å². The number of ether oxygens (including phenoxy) is 2. The minimum Gasteiger partial charge on any atom is -0.480 e. The standard InChI is InChI=1S/C11H21NO5S/c1-4-16-10(17-5-2)7-18-6-9(11(14)15)12-8(3)13/h9-10H,4-7H2,1-3H3,(H,12,13)(H,14,15). The van der Waals surface area contributed by atoms with Crippen molar-refractivity contribution < 1.29 is 24.2 Å². The number of carboxylic acids is 1. The van der Waals surface area contributed by atoms with Gasteiger partial charge in [0.25, 0.3) is 0 Å². The second-order valence-corrected chi connectivity index (χ2v) is 4.54. The van der Waals surface area contributed by atoms with E-state index in [1.165, 1.54) is 18.7 Å². The molecule has 106 valence electrons. The lowest BCUT2D eigenvalue weighted by Gasteiger charge is -2.18. The molecule has 0 heterocycles. The lowest BCUT2D eigenvalue weighted by molar-refractivity contribution is -0.140. The smallest absolute Gasteiger partial charge is 0.327 e. The Kier molecular flexibility index (Phi) is 9.72. The lowest BCUT2D eigenvalue weighted by Crippen LogP contribution is -2.41. The van der Waals surface area contributed by atoms with Crippen molar-refractivity contribution in [3.8, 4) is 0 Å². The lowest BCUT2D eigenvalue weighted by atomic mass is 10.3. The molecule has 18 heavy (non-hydrogen) atoms. The highest BCUT2D eigenvalue weighted by atomic mass is 32.2. The van der Waals surface area contributed by atoms with Crippen LogP contribution in [0.3, 0.4) is 0 Å². The van der Waals surface area contributed by atoms with Crippen molar-refractivity contribution in [2.24, 2.45) is 0 Å². The van der Waals surface area contributed by atoms with Crippen molar-refractivity contribution in [2.45, 2.75) is 33.1 Å². The molecule has 2 N–H and O–H groups in total. The maximum absolute atomic E-state index is 10.9. The number of amides is 1. The molecule has 1 amide bonds. The van der Waals surface area contributed by atoms with Crippen molar-refractivity contribution in [3.05, 3.63) is 0 Å². The minimum atomic E-state index is -1.04. The van der Waals surface area contributed by atoms with E-state index < -0.39 is 12.0 Å². The second-order valence-electron chi connectivity index (χ2n) is 3.47. The summed E-state index contributed by atoms with van der Waals surface area (Å²) in [7, 11) is 0. The van der Waals surface area contributed by atoms with Gasteiger partial charge < -0.3 is 19.9 Å². The number of hydrogen-bond donors (Lipinski definition) is 2. The van der Waals surface area contributed by atoms with Crippen molar-refractivity contribution in [1.82, 2.24) is 5.32 Å². The third-order valence-electron chi connectivity index (χ3n) is 1.92. The van der Waals surface area contributed by atoms with E-state index in [-0.39, 0.29) is 18.0 Å². The minimum absolute atomic E-state index is 0.283. The van der Waals surface area contributed by atoms with Gasteiger partial charge in [-0.2, -0.15) is 11.8 Å². The number of rotatable bonds is 10. The molecule has 7 heteroatoms. The summed E-state index contributed by atoms with van der Waals surface area (Å²) in [4.78, 5) is 21.7. The summed E-state index contributed by atoms with van der Waals surface area (Å²) in [5.41, 5.74) is 0. The summed E-state index contributed by atoms with van der Waals surface area (Å²) in [5.74, 6) is -0.576. The van der Waals surface area contributed by atoms with Crippen LogP contribution in [0.4, 0.5) is 0 Å². The van der Waals surface area contributed by atoms with Crippen LogP contribution in [0.15, 0.2) is 0 Å². The normalized spacial score (nSPS) is 12.4. The fourth-order valence-electron chi connectivity index (χ4n) is 1.22. The summed E-state index contributed by atoms with van der Waals surface area (Å²) in [6.45, 7) is 6.12. The fourth-order valence-corrected chi connectivity index (χ4v) is 2.20. The summed E-state index contributed by atoms with van der Waals surface area (Å²) in [6, 6.07) is -0.878.